The molecule has 4 heterocycles. The van der Waals surface area contributed by atoms with E-state index in [1.165, 1.54) is 63.5 Å². The van der Waals surface area contributed by atoms with Crippen molar-refractivity contribution in [2.75, 3.05) is 13.2 Å². The van der Waals surface area contributed by atoms with E-state index in [9.17, 15) is 48.6 Å². The van der Waals surface area contributed by atoms with E-state index in [4.69, 9.17) is 37.9 Å². The number of aromatic nitrogens is 2. The molecule has 1 aromatic carbocycles. The van der Waals surface area contributed by atoms with Gasteiger partial charge in [0.25, 0.3) is 0 Å². The quantitative estimate of drug-likeness (QED) is 0.241. The summed E-state index contributed by atoms with van der Waals surface area (Å²) in [4.78, 5) is 115. The Hall–Kier alpha value is -6.51. The van der Waals surface area contributed by atoms with Crippen LogP contribution in [-0.4, -0.2) is 128 Å². The van der Waals surface area contributed by atoms with Gasteiger partial charge < -0.3 is 52.7 Å². The number of esters is 7. The van der Waals surface area contributed by atoms with E-state index in [1.807, 2.05) is 0 Å². The highest BCUT2D eigenvalue weighted by Gasteiger charge is 2.91. The third-order valence-electron chi connectivity index (χ3n) is 13.4. The molecule has 1 spiro atoms. The van der Waals surface area contributed by atoms with Crippen LogP contribution in [0, 0.1) is 17.3 Å². The summed E-state index contributed by atoms with van der Waals surface area (Å²) < 4.78 is 50.8. The van der Waals surface area contributed by atoms with Gasteiger partial charge in [-0.1, -0.05) is 32.0 Å². The van der Waals surface area contributed by atoms with Crippen molar-refractivity contribution in [3.63, 3.8) is 0 Å². The number of hydrogen-bond donors (Lipinski definition) is 2. The summed E-state index contributed by atoms with van der Waals surface area (Å²) in [6.45, 7) is 6.51. The number of fused-ring (bicyclic) bond motifs is 5. The largest absolute Gasteiger partial charge is 0.465 e. The zero-order valence-electron chi connectivity index (χ0n) is 37.3. The number of pyridine rings is 2. The van der Waals surface area contributed by atoms with E-state index < -0.39 is 137 Å². The Kier molecular flexibility index (Phi) is 12.5. The third kappa shape index (κ3) is 7.59. The number of aryl methyl sites for hydroxylation is 1. The number of nitrogens with zero attached hydrogens (tertiary/aromatic N) is 2. The van der Waals surface area contributed by atoms with Gasteiger partial charge in [-0.3, -0.25) is 29.0 Å². The molecule has 2 N–H and O–H groups in total. The van der Waals surface area contributed by atoms with E-state index in [0.29, 0.717) is 0 Å². The average molecular weight is 919 g/mol. The number of aliphatic hydroxyl groups excluding tert-OH is 1. The number of hydrogen-bond acceptors (Lipinski definition) is 19. The second-order valence-corrected chi connectivity index (χ2v) is 17.6. The normalized spacial score (nSPS) is 34.6. The first-order valence-corrected chi connectivity index (χ1v) is 21.1. The molecule has 0 radical (unpaired) electrons. The maximum absolute atomic E-state index is 14.8. The molecule has 20 heteroatoms. The lowest BCUT2D eigenvalue weighted by atomic mass is 9.45. The molecule has 13 atom stereocenters. The Balaban J connectivity index is 1.62. The summed E-state index contributed by atoms with van der Waals surface area (Å²) in [5.41, 5.74) is -11.5. The van der Waals surface area contributed by atoms with E-state index in [0.717, 1.165) is 50.6 Å². The molecule has 1 saturated heterocycles. The maximum atomic E-state index is 14.8. The van der Waals surface area contributed by atoms with Crippen molar-refractivity contribution < 1.29 is 81.7 Å². The number of cyclic esters (lactones) is 1. The van der Waals surface area contributed by atoms with Crippen molar-refractivity contribution in [1.29, 1.82) is 0 Å². The fourth-order valence-corrected chi connectivity index (χ4v) is 10.3. The molecule has 2 saturated carbocycles. The molecule has 7 rings (SSSR count). The predicted octanol–water partition coefficient (Wildman–Crippen LogP) is 1.75. The summed E-state index contributed by atoms with van der Waals surface area (Å²) in [5, 5.41) is 26.6. The molecule has 2 aromatic heterocycles. The van der Waals surface area contributed by atoms with Crippen molar-refractivity contribution in [1.82, 2.24) is 9.55 Å². The summed E-state index contributed by atoms with van der Waals surface area (Å²) in [7, 11) is 1.35. The van der Waals surface area contributed by atoms with Gasteiger partial charge in [0.15, 0.2) is 23.9 Å². The summed E-state index contributed by atoms with van der Waals surface area (Å²) >= 11 is 0. The molecular weight excluding hydrogens is 869 g/mol. The molecule has 352 valence electrons. The van der Waals surface area contributed by atoms with Gasteiger partial charge in [-0.25, -0.2) is 14.4 Å². The zero-order chi connectivity index (χ0) is 48.3. The summed E-state index contributed by atoms with van der Waals surface area (Å²) in [5.74, 6) is -11.3. The SMILES string of the molecule is CC(=O)OC[C@]12[C@H](OC(C)=O)[C@@H](O)[C@@H]3[C@@H](OC(C)=O)[C@@]14O[C@@]3(C)COC(=O)c1cccnc1[C@H](C)[C@H](C)C(=O)O[C@H]([C@H](OC(=O)c1ccc(=O)n(C)c1)[C@@H]2OC(=O)c1ccccc1)[C@]4(C)O. The number of rotatable bonds is 8. The van der Waals surface area contributed by atoms with Gasteiger partial charge >= 0.3 is 41.8 Å². The number of carbonyl (C=O) groups is 7. The van der Waals surface area contributed by atoms with E-state index in [2.05, 4.69) is 4.98 Å². The first-order valence-electron chi connectivity index (χ1n) is 21.1. The zero-order valence-corrected chi connectivity index (χ0v) is 37.3. The minimum atomic E-state index is -2.94. The molecule has 3 aromatic rings. The van der Waals surface area contributed by atoms with Crippen LogP contribution in [-0.2, 0) is 64.1 Å². The lowest BCUT2D eigenvalue weighted by Gasteiger charge is -2.67. The Morgan fingerprint density at radius 3 is 2.09 bits per heavy atom. The minimum Gasteiger partial charge on any atom is -0.465 e. The van der Waals surface area contributed by atoms with E-state index in [-0.39, 0.29) is 22.4 Å². The van der Waals surface area contributed by atoms with Crippen molar-refractivity contribution in [3.8, 4) is 0 Å². The number of benzene rings is 1. The predicted molar refractivity (Wildman–Crippen MR) is 221 cm³/mol. The van der Waals surface area contributed by atoms with Crippen LogP contribution >= 0.6 is 0 Å². The number of carbonyl (C=O) groups excluding carboxylic acids is 7. The second-order valence-electron chi connectivity index (χ2n) is 17.6. The monoisotopic (exact) mass is 918 g/mol. The van der Waals surface area contributed by atoms with Crippen molar-refractivity contribution in [2.45, 2.75) is 108 Å². The van der Waals surface area contributed by atoms with Crippen LogP contribution in [0.4, 0.5) is 0 Å². The van der Waals surface area contributed by atoms with Gasteiger partial charge in [-0.05, 0) is 44.2 Å². The van der Waals surface area contributed by atoms with Crippen molar-refractivity contribution in [2.24, 2.45) is 24.3 Å². The van der Waals surface area contributed by atoms with Gasteiger partial charge in [0.05, 0.1) is 34.2 Å². The molecule has 4 bridgehead atoms. The van der Waals surface area contributed by atoms with Crippen molar-refractivity contribution >= 4 is 41.8 Å². The van der Waals surface area contributed by atoms with Crippen LogP contribution < -0.4 is 5.56 Å². The summed E-state index contributed by atoms with van der Waals surface area (Å²) in [6, 6.07) is 12.4. The fraction of sp³-hybridized carbons (Fsp3) is 0.500. The number of ether oxygens (including phenoxy) is 8. The van der Waals surface area contributed by atoms with Gasteiger partial charge in [-0.15, -0.1) is 0 Å². The highest BCUT2D eigenvalue weighted by molar-refractivity contribution is 5.92. The molecule has 66 heavy (non-hydrogen) atoms. The van der Waals surface area contributed by atoms with E-state index in [1.54, 1.807) is 13.0 Å². The lowest BCUT2D eigenvalue weighted by molar-refractivity contribution is -0.384. The minimum absolute atomic E-state index is 0.0623. The van der Waals surface area contributed by atoms with Gasteiger partial charge in [0.1, 0.15) is 48.1 Å². The van der Waals surface area contributed by atoms with Gasteiger partial charge in [0.2, 0.25) is 5.56 Å². The Bertz CT molecular complexity index is 2520. The van der Waals surface area contributed by atoms with Crippen molar-refractivity contribution in [3.05, 3.63) is 99.7 Å². The Morgan fingerprint density at radius 1 is 0.803 bits per heavy atom. The standard InChI is InChI=1S/C46H50N2O18/c1-22-23(2)39(54)64-37-34(63-41(56)28-16-17-30(52)48(8)19-28)38(65-40(55)27-13-10-9-11-14-27)45(21-59-24(3)49)36(62-26(5)51)33(53)31-35(61-25(4)50)46(45,44(37,7)58)66-43(31,6)20-60-42(57)29-15-12-18-47-32(22)29/h9-19,22-23,31,33-38,53,58H,20-21H2,1-8H3/t22-,23+,31-,33+,34+,35-,36-,37-,38+,43+,44+,45-,46+/m1/s1. The van der Waals surface area contributed by atoms with Crippen LogP contribution in [0.5, 0.6) is 0 Å². The first kappa shape index (κ1) is 47.5. The van der Waals surface area contributed by atoms with Crippen LogP contribution in [0.25, 0.3) is 0 Å². The van der Waals surface area contributed by atoms with Gasteiger partial charge in [0, 0.05) is 52.2 Å². The highest BCUT2D eigenvalue weighted by atomic mass is 16.7. The van der Waals surface area contributed by atoms with Gasteiger partial charge in [-0.2, -0.15) is 0 Å². The lowest BCUT2D eigenvalue weighted by Crippen LogP contribution is -2.89. The average Bonchev–Trinajstić information content (AvgIpc) is 3.49. The fourth-order valence-electron chi connectivity index (χ4n) is 10.3. The molecule has 0 amide bonds. The van der Waals surface area contributed by atoms with E-state index >= 15 is 0 Å². The number of aliphatic hydroxyl groups is 2. The molecule has 3 fully saturated rings. The van der Waals surface area contributed by atoms with Crippen LogP contribution in [0.15, 0.2) is 71.8 Å². The Morgan fingerprint density at radius 2 is 1.45 bits per heavy atom. The first-order chi connectivity index (χ1) is 31.0. The molecule has 2 aliphatic heterocycles. The third-order valence-corrected chi connectivity index (χ3v) is 13.4. The van der Waals surface area contributed by atoms with Crippen LogP contribution in [0.3, 0.4) is 0 Å². The molecule has 4 aliphatic rings. The molecule has 20 nitrogen and oxygen atoms in total. The molecule has 0 unspecified atom stereocenters. The smallest absolute Gasteiger partial charge is 0.340 e. The highest BCUT2D eigenvalue weighted by Crippen LogP contribution is 2.70. The summed E-state index contributed by atoms with van der Waals surface area (Å²) in [6.07, 6.45) is -10.5. The van der Waals surface area contributed by atoms with Crippen LogP contribution in [0.2, 0.25) is 0 Å². The van der Waals surface area contributed by atoms with Crippen LogP contribution in [0.1, 0.15) is 91.2 Å². The molecular formula is C46H50N2O18. The Labute approximate surface area is 377 Å². The maximum Gasteiger partial charge on any atom is 0.340 e. The molecule has 2 aliphatic carbocycles. The topological polar surface area (TPSA) is 269 Å². The second kappa shape index (κ2) is 17.4.